The van der Waals surface area contributed by atoms with E-state index in [1.807, 2.05) is 0 Å². The van der Waals surface area contributed by atoms with Gasteiger partial charge in [-0.15, -0.1) is 0 Å². The van der Waals surface area contributed by atoms with Crippen molar-refractivity contribution in [3.63, 3.8) is 0 Å². The maximum Gasteiger partial charge on any atom is 0.243 e. The minimum Gasteiger partial charge on any atom is -0.376 e. The van der Waals surface area contributed by atoms with Gasteiger partial charge in [-0.2, -0.15) is 0 Å². The van der Waals surface area contributed by atoms with Crippen LogP contribution in [-0.4, -0.2) is 27.1 Å². The molecule has 2 aromatic rings. The Bertz CT molecular complexity index is 756. The Morgan fingerprint density at radius 3 is 2.09 bits per heavy atom. The van der Waals surface area contributed by atoms with Crippen LogP contribution >= 0.6 is 0 Å². The lowest BCUT2D eigenvalue weighted by molar-refractivity contribution is -0.114. The van der Waals surface area contributed by atoms with Crippen molar-refractivity contribution in [1.82, 2.24) is 0 Å². The average Bonchev–Trinajstić information content (AvgIpc) is 2.46. The van der Waals surface area contributed by atoms with Crippen LogP contribution in [0.4, 0.5) is 15.8 Å². The van der Waals surface area contributed by atoms with Gasteiger partial charge in [0.05, 0.1) is 11.4 Å². The summed E-state index contributed by atoms with van der Waals surface area (Å²) in [5.41, 5.74) is 1.13. The maximum atomic E-state index is 12.7. The average molecular weight is 322 g/mol. The molecule has 0 aliphatic heterocycles. The molecule has 2 N–H and O–H groups in total. The summed E-state index contributed by atoms with van der Waals surface area (Å²) < 4.78 is 35.4. The molecule has 7 heteroatoms. The molecule has 0 fully saturated rings. The van der Waals surface area contributed by atoms with Gasteiger partial charge >= 0.3 is 0 Å². The molecule has 5 nitrogen and oxygen atoms in total. The van der Waals surface area contributed by atoms with Crippen molar-refractivity contribution in [1.29, 1.82) is 0 Å². The van der Waals surface area contributed by atoms with Crippen molar-refractivity contribution >= 4 is 27.1 Å². The third-order valence-corrected chi connectivity index (χ3v) is 3.99. The number of carbonyl (C=O) groups excluding carboxylic acids is 1. The Kier molecular flexibility index (Phi) is 4.77. The number of halogens is 1. The van der Waals surface area contributed by atoms with Crippen LogP contribution < -0.4 is 10.6 Å². The predicted octanol–water partition coefficient (Wildman–Crippen LogP) is 2.28. The van der Waals surface area contributed by atoms with E-state index in [2.05, 4.69) is 10.6 Å². The summed E-state index contributed by atoms with van der Waals surface area (Å²) in [6, 6.07) is 11.6. The smallest absolute Gasteiger partial charge is 0.243 e. The van der Waals surface area contributed by atoms with Crippen LogP contribution in [0.1, 0.15) is 0 Å². The molecule has 0 saturated heterocycles. The minimum absolute atomic E-state index is 0.0134. The van der Waals surface area contributed by atoms with E-state index in [1.54, 1.807) is 0 Å². The molecular formula is C15H15FN2O3S. The van der Waals surface area contributed by atoms with Crippen LogP contribution in [0, 0.1) is 5.82 Å². The number of amides is 1. The highest BCUT2D eigenvalue weighted by Crippen LogP contribution is 2.14. The molecule has 0 unspecified atom stereocenters. The Labute approximate surface area is 128 Å². The van der Waals surface area contributed by atoms with Gasteiger partial charge in [0.15, 0.2) is 9.84 Å². The Morgan fingerprint density at radius 1 is 1.00 bits per heavy atom. The van der Waals surface area contributed by atoms with Gasteiger partial charge in [-0.3, -0.25) is 4.79 Å². The molecule has 0 aliphatic rings. The largest absolute Gasteiger partial charge is 0.376 e. The summed E-state index contributed by atoms with van der Waals surface area (Å²) in [4.78, 5) is 12.0. The second kappa shape index (κ2) is 6.57. The van der Waals surface area contributed by atoms with Gasteiger partial charge in [-0.1, -0.05) is 0 Å². The highest BCUT2D eigenvalue weighted by atomic mass is 32.2. The van der Waals surface area contributed by atoms with E-state index in [0.717, 1.165) is 6.26 Å². The van der Waals surface area contributed by atoms with Crippen LogP contribution in [0.5, 0.6) is 0 Å². The number of anilines is 2. The van der Waals surface area contributed by atoms with E-state index in [-0.39, 0.29) is 23.2 Å². The SMILES string of the molecule is CS(=O)(=O)c1ccc(NC(=O)CNc2ccc(F)cc2)cc1. The fourth-order valence-corrected chi connectivity index (χ4v) is 2.37. The third-order valence-electron chi connectivity index (χ3n) is 2.86. The molecule has 0 spiro atoms. The predicted molar refractivity (Wildman–Crippen MR) is 83.1 cm³/mol. The number of benzene rings is 2. The van der Waals surface area contributed by atoms with Crippen molar-refractivity contribution in [3.05, 3.63) is 54.3 Å². The number of nitrogens with one attached hydrogen (secondary N) is 2. The summed E-state index contributed by atoms with van der Waals surface area (Å²) in [5.74, 6) is -0.641. The lowest BCUT2D eigenvalue weighted by atomic mass is 10.3. The molecule has 0 aromatic heterocycles. The van der Waals surface area contributed by atoms with Crippen LogP contribution in [0.3, 0.4) is 0 Å². The Balaban J connectivity index is 1.90. The zero-order valence-electron chi connectivity index (χ0n) is 11.8. The molecular weight excluding hydrogens is 307 g/mol. The summed E-state index contributed by atoms with van der Waals surface area (Å²) in [7, 11) is -3.25. The van der Waals surface area contributed by atoms with Crippen LogP contribution in [-0.2, 0) is 14.6 Å². The van der Waals surface area contributed by atoms with E-state index in [0.29, 0.717) is 11.4 Å². The molecule has 2 aromatic carbocycles. The summed E-state index contributed by atoms with van der Waals surface area (Å²) in [6.45, 7) is 0.0134. The summed E-state index contributed by atoms with van der Waals surface area (Å²) in [5, 5.41) is 5.48. The monoisotopic (exact) mass is 322 g/mol. The number of sulfone groups is 1. The molecule has 1 amide bonds. The van der Waals surface area contributed by atoms with E-state index >= 15 is 0 Å². The van der Waals surface area contributed by atoms with Gasteiger partial charge in [-0.25, -0.2) is 12.8 Å². The van der Waals surface area contributed by atoms with Crippen molar-refractivity contribution in [2.45, 2.75) is 4.90 Å². The minimum atomic E-state index is -3.25. The number of carbonyl (C=O) groups is 1. The molecule has 0 aliphatic carbocycles. The van der Waals surface area contributed by atoms with Gasteiger partial charge in [0.25, 0.3) is 0 Å². The molecule has 2 rings (SSSR count). The number of rotatable bonds is 5. The van der Waals surface area contributed by atoms with E-state index < -0.39 is 9.84 Å². The molecule has 0 heterocycles. The van der Waals surface area contributed by atoms with Gasteiger partial charge in [-0.05, 0) is 48.5 Å². The van der Waals surface area contributed by atoms with Gasteiger partial charge in [0.1, 0.15) is 5.82 Å². The highest BCUT2D eigenvalue weighted by Gasteiger charge is 2.07. The molecule has 116 valence electrons. The number of hydrogen-bond donors (Lipinski definition) is 2. The first kappa shape index (κ1) is 16.0. The second-order valence-electron chi connectivity index (χ2n) is 4.71. The summed E-state index contributed by atoms with van der Waals surface area (Å²) >= 11 is 0. The Hall–Kier alpha value is -2.41. The molecule has 0 saturated carbocycles. The van der Waals surface area contributed by atoms with Crippen molar-refractivity contribution < 1.29 is 17.6 Å². The standard InChI is InChI=1S/C15H15FN2O3S/c1-22(20,21)14-8-6-13(7-9-14)18-15(19)10-17-12-4-2-11(16)3-5-12/h2-9,17H,10H2,1H3,(H,18,19). The lowest BCUT2D eigenvalue weighted by Gasteiger charge is -2.08. The second-order valence-corrected chi connectivity index (χ2v) is 6.72. The number of hydrogen-bond acceptors (Lipinski definition) is 4. The van der Waals surface area contributed by atoms with Crippen LogP contribution in [0.25, 0.3) is 0 Å². The normalized spacial score (nSPS) is 11.0. The zero-order valence-corrected chi connectivity index (χ0v) is 12.7. The molecule has 0 atom stereocenters. The Morgan fingerprint density at radius 2 is 1.55 bits per heavy atom. The van der Waals surface area contributed by atoms with Gasteiger partial charge in [0, 0.05) is 17.6 Å². The van der Waals surface area contributed by atoms with Crippen LogP contribution in [0.15, 0.2) is 53.4 Å². The summed E-state index contributed by atoms with van der Waals surface area (Å²) in [6.07, 6.45) is 1.12. The van der Waals surface area contributed by atoms with Crippen molar-refractivity contribution in [3.8, 4) is 0 Å². The maximum absolute atomic E-state index is 12.7. The third kappa shape index (κ3) is 4.56. The fourth-order valence-electron chi connectivity index (χ4n) is 1.74. The molecule has 22 heavy (non-hydrogen) atoms. The first-order valence-corrected chi connectivity index (χ1v) is 8.33. The van der Waals surface area contributed by atoms with Gasteiger partial charge in [0.2, 0.25) is 5.91 Å². The van der Waals surface area contributed by atoms with E-state index in [1.165, 1.54) is 48.5 Å². The quantitative estimate of drug-likeness (QED) is 0.885. The van der Waals surface area contributed by atoms with Crippen molar-refractivity contribution in [2.24, 2.45) is 0 Å². The van der Waals surface area contributed by atoms with E-state index in [4.69, 9.17) is 0 Å². The van der Waals surface area contributed by atoms with Crippen LogP contribution in [0.2, 0.25) is 0 Å². The topological polar surface area (TPSA) is 75.3 Å². The van der Waals surface area contributed by atoms with E-state index in [9.17, 15) is 17.6 Å². The fraction of sp³-hybridized carbons (Fsp3) is 0.133. The molecule has 0 bridgehead atoms. The highest BCUT2D eigenvalue weighted by molar-refractivity contribution is 7.90. The van der Waals surface area contributed by atoms with Crippen molar-refractivity contribution in [2.75, 3.05) is 23.4 Å². The first-order valence-electron chi connectivity index (χ1n) is 6.44. The lowest BCUT2D eigenvalue weighted by Crippen LogP contribution is -2.21. The van der Waals surface area contributed by atoms with Gasteiger partial charge < -0.3 is 10.6 Å². The first-order chi connectivity index (χ1) is 10.3. The molecule has 0 radical (unpaired) electrons. The zero-order chi connectivity index (χ0) is 16.2.